The Bertz CT molecular complexity index is 505. The third kappa shape index (κ3) is 2.62. The van der Waals surface area contributed by atoms with Gasteiger partial charge >= 0.3 is 0 Å². The number of hydrogen-bond donors (Lipinski definition) is 2. The van der Waals surface area contributed by atoms with E-state index in [2.05, 4.69) is 5.32 Å². The zero-order valence-corrected chi connectivity index (χ0v) is 12.4. The lowest BCUT2D eigenvalue weighted by atomic mass is 10.1. The smallest absolute Gasteiger partial charge is 0.178 e. The second-order valence-corrected chi connectivity index (χ2v) is 6.48. The molecule has 2 aliphatic rings. The Balaban J connectivity index is 1.74. The molecule has 1 atom stereocenters. The Morgan fingerprint density at radius 1 is 1.50 bits per heavy atom. The minimum atomic E-state index is 0.169. The number of nitrogens with one attached hydrogen (secondary N) is 1. The average Bonchev–Trinajstić information content (AvgIpc) is 3.07. The number of thiophene rings is 1. The highest BCUT2D eigenvalue weighted by Gasteiger charge is 2.34. The molecule has 0 bridgehead atoms. The first-order chi connectivity index (χ1) is 9.70. The summed E-state index contributed by atoms with van der Waals surface area (Å²) in [6.45, 7) is 2.46. The fourth-order valence-electron chi connectivity index (χ4n) is 2.44. The normalized spacial score (nSPS) is 21.9. The Morgan fingerprint density at radius 3 is 2.90 bits per heavy atom. The number of carbonyl (C=O) groups is 1. The number of methoxy groups -OCH3 is 1. The van der Waals surface area contributed by atoms with Gasteiger partial charge in [0, 0.05) is 25.0 Å². The minimum Gasteiger partial charge on any atom is -0.492 e. The van der Waals surface area contributed by atoms with Crippen molar-refractivity contribution in [3.63, 3.8) is 0 Å². The highest BCUT2D eigenvalue weighted by Crippen LogP contribution is 2.46. The fraction of sp³-hybridized carbons (Fsp3) is 0.643. The van der Waals surface area contributed by atoms with Crippen LogP contribution in [0.1, 0.15) is 28.9 Å². The summed E-state index contributed by atoms with van der Waals surface area (Å²) in [5.41, 5.74) is 6.55. The van der Waals surface area contributed by atoms with Crippen molar-refractivity contribution in [3.8, 4) is 5.75 Å². The van der Waals surface area contributed by atoms with Crippen molar-refractivity contribution < 1.29 is 14.3 Å². The topological polar surface area (TPSA) is 73.6 Å². The lowest BCUT2D eigenvalue weighted by molar-refractivity contribution is 0.0972. The third-order valence-corrected chi connectivity index (χ3v) is 5.01. The van der Waals surface area contributed by atoms with Gasteiger partial charge in [0.15, 0.2) is 11.5 Å². The molecule has 1 aliphatic carbocycles. The molecule has 1 saturated heterocycles. The first-order valence-corrected chi connectivity index (χ1v) is 7.84. The molecule has 2 heterocycles. The van der Waals surface area contributed by atoms with Gasteiger partial charge in [-0.05, 0) is 19.3 Å². The van der Waals surface area contributed by atoms with Gasteiger partial charge in [-0.2, -0.15) is 0 Å². The molecule has 1 unspecified atom stereocenters. The lowest BCUT2D eigenvalue weighted by Crippen LogP contribution is -2.13. The number of nitrogen functional groups attached to an aromatic ring is 1. The average molecular weight is 296 g/mol. The van der Waals surface area contributed by atoms with Crippen LogP contribution in [0.25, 0.3) is 0 Å². The molecule has 1 aliphatic heterocycles. The highest BCUT2D eigenvalue weighted by atomic mass is 32.1. The summed E-state index contributed by atoms with van der Waals surface area (Å²) in [6.07, 6.45) is 3.05. The molecule has 0 amide bonds. The van der Waals surface area contributed by atoms with E-state index in [0.717, 1.165) is 44.0 Å². The number of anilines is 2. The number of hydrogen-bond acceptors (Lipinski definition) is 6. The SMILES string of the molecule is COc1c(NCC2CCOC2)sc(C(=O)C2CC2)c1N. The molecule has 1 saturated carbocycles. The largest absolute Gasteiger partial charge is 0.492 e. The number of nitrogens with two attached hydrogens (primary N) is 1. The second kappa shape index (κ2) is 5.61. The molecule has 1 aromatic heterocycles. The molecule has 110 valence electrons. The second-order valence-electron chi connectivity index (χ2n) is 5.46. The van der Waals surface area contributed by atoms with Gasteiger partial charge in [0.2, 0.25) is 0 Å². The van der Waals surface area contributed by atoms with Gasteiger partial charge in [-0.3, -0.25) is 4.79 Å². The van der Waals surface area contributed by atoms with Crippen LogP contribution in [-0.2, 0) is 4.74 Å². The van der Waals surface area contributed by atoms with E-state index in [0.29, 0.717) is 22.2 Å². The summed E-state index contributed by atoms with van der Waals surface area (Å²) in [7, 11) is 1.59. The predicted molar refractivity (Wildman–Crippen MR) is 79.8 cm³/mol. The van der Waals surface area contributed by atoms with Crippen LogP contribution in [0.15, 0.2) is 0 Å². The molecule has 20 heavy (non-hydrogen) atoms. The van der Waals surface area contributed by atoms with Crippen molar-refractivity contribution in [2.24, 2.45) is 11.8 Å². The summed E-state index contributed by atoms with van der Waals surface area (Å²) in [4.78, 5) is 12.8. The summed E-state index contributed by atoms with van der Waals surface area (Å²) in [5, 5.41) is 4.22. The summed E-state index contributed by atoms with van der Waals surface area (Å²) >= 11 is 1.42. The number of carbonyl (C=O) groups excluding carboxylic acids is 1. The molecule has 6 heteroatoms. The summed E-state index contributed by atoms with van der Waals surface area (Å²) in [6, 6.07) is 0. The Morgan fingerprint density at radius 2 is 2.30 bits per heavy atom. The number of ketones is 1. The van der Waals surface area contributed by atoms with E-state index in [1.807, 2.05) is 0 Å². The maximum atomic E-state index is 12.2. The molecule has 2 fully saturated rings. The van der Waals surface area contributed by atoms with Gasteiger partial charge in [-0.1, -0.05) is 0 Å². The quantitative estimate of drug-likeness (QED) is 0.788. The molecule has 3 N–H and O–H groups in total. The van der Waals surface area contributed by atoms with E-state index in [1.165, 1.54) is 11.3 Å². The van der Waals surface area contributed by atoms with Crippen LogP contribution in [0.2, 0.25) is 0 Å². The molecule has 1 aromatic rings. The fourth-order valence-corrected chi connectivity index (χ4v) is 3.56. The zero-order valence-electron chi connectivity index (χ0n) is 11.6. The van der Waals surface area contributed by atoms with Crippen LogP contribution in [0.5, 0.6) is 5.75 Å². The summed E-state index contributed by atoms with van der Waals surface area (Å²) < 4.78 is 10.7. The molecular weight excluding hydrogens is 276 g/mol. The Labute approximate surface area is 122 Å². The Hall–Kier alpha value is -1.27. The number of Topliss-reactive ketones (excluding diaryl/α,β-unsaturated/α-hetero) is 1. The predicted octanol–water partition coefficient (Wildman–Crippen LogP) is 2.38. The van der Waals surface area contributed by atoms with Gasteiger partial charge in [-0.15, -0.1) is 11.3 Å². The van der Waals surface area contributed by atoms with E-state index in [9.17, 15) is 4.79 Å². The third-order valence-electron chi connectivity index (χ3n) is 3.85. The van der Waals surface area contributed by atoms with E-state index in [-0.39, 0.29) is 11.7 Å². The number of ether oxygens (including phenoxy) is 2. The monoisotopic (exact) mass is 296 g/mol. The van der Waals surface area contributed by atoms with E-state index in [1.54, 1.807) is 7.11 Å². The van der Waals surface area contributed by atoms with E-state index < -0.39 is 0 Å². The number of rotatable bonds is 6. The zero-order chi connectivity index (χ0) is 14.1. The molecule has 0 aromatic carbocycles. The van der Waals surface area contributed by atoms with Crippen molar-refractivity contribution >= 4 is 27.8 Å². The summed E-state index contributed by atoms with van der Waals surface area (Å²) in [5.74, 6) is 1.48. The van der Waals surface area contributed by atoms with Crippen LogP contribution >= 0.6 is 11.3 Å². The minimum absolute atomic E-state index is 0.169. The van der Waals surface area contributed by atoms with Gasteiger partial charge in [0.05, 0.1) is 24.3 Å². The molecule has 0 spiro atoms. The van der Waals surface area contributed by atoms with Gasteiger partial charge in [0.25, 0.3) is 0 Å². The van der Waals surface area contributed by atoms with Crippen LogP contribution in [0.4, 0.5) is 10.7 Å². The first kappa shape index (κ1) is 13.7. The van der Waals surface area contributed by atoms with Gasteiger partial charge in [0.1, 0.15) is 5.00 Å². The van der Waals surface area contributed by atoms with E-state index >= 15 is 0 Å². The van der Waals surface area contributed by atoms with Crippen LogP contribution in [-0.4, -0.2) is 32.7 Å². The molecule has 5 nitrogen and oxygen atoms in total. The maximum absolute atomic E-state index is 12.2. The van der Waals surface area contributed by atoms with Crippen LogP contribution in [0.3, 0.4) is 0 Å². The lowest BCUT2D eigenvalue weighted by Gasteiger charge is -2.10. The van der Waals surface area contributed by atoms with Gasteiger partial charge in [-0.25, -0.2) is 0 Å². The maximum Gasteiger partial charge on any atom is 0.178 e. The first-order valence-electron chi connectivity index (χ1n) is 7.02. The van der Waals surface area contributed by atoms with E-state index in [4.69, 9.17) is 15.2 Å². The van der Waals surface area contributed by atoms with Crippen LogP contribution < -0.4 is 15.8 Å². The highest BCUT2D eigenvalue weighted by molar-refractivity contribution is 7.19. The standard InChI is InChI=1S/C14H20N2O3S/c1-18-12-10(15)13(11(17)9-2-3-9)20-14(12)16-6-8-4-5-19-7-8/h8-9,16H,2-7,15H2,1H3. The van der Waals surface area contributed by atoms with Crippen molar-refractivity contribution in [2.45, 2.75) is 19.3 Å². The van der Waals surface area contributed by atoms with Crippen molar-refractivity contribution in [2.75, 3.05) is 37.9 Å². The molecular formula is C14H20N2O3S. The van der Waals surface area contributed by atoms with Crippen molar-refractivity contribution in [3.05, 3.63) is 4.88 Å². The van der Waals surface area contributed by atoms with Crippen LogP contribution in [0, 0.1) is 11.8 Å². The Kier molecular flexibility index (Phi) is 3.85. The van der Waals surface area contributed by atoms with Crippen molar-refractivity contribution in [1.29, 1.82) is 0 Å². The van der Waals surface area contributed by atoms with Gasteiger partial charge < -0.3 is 20.5 Å². The molecule has 3 rings (SSSR count). The molecule has 0 radical (unpaired) electrons. The van der Waals surface area contributed by atoms with Crippen molar-refractivity contribution in [1.82, 2.24) is 0 Å².